The quantitative estimate of drug-likeness (QED) is 0.662. The fourth-order valence-corrected chi connectivity index (χ4v) is 2.24. The molecule has 4 nitrogen and oxygen atoms in total. The van der Waals surface area contributed by atoms with Crippen LogP contribution in [0.2, 0.25) is 10.0 Å². The number of hydrogen-bond acceptors (Lipinski definition) is 3. The largest absolute Gasteiger partial charge is 0.449 e. The standard InChI is InChI=1S/C15H17Cl2NO3/c1-4-5-14(19)21-10(3)15(20)18-9(2)12-7-6-11(16)8-13(12)17/h4-10H,1-3H3,(H,18,20)/b5-4+/t9-,10-/m1/s1. The van der Waals surface area contributed by atoms with E-state index < -0.39 is 18.0 Å². The fourth-order valence-electron chi connectivity index (χ4n) is 1.66. The molecule has 0 heterocycles. The van der Waals surface area contributed by atoms with Crippen molar-refractivity contribution in [3.05, 3.63) is 46.0 Å². The van der Waals surface area contributed by atoms with E-state index in [1.807, 2.05) is 0 Å². The van der Waals surface area contributed by atoms with Gasteiger partial charge in [-0.15, -0.1) is 0 Å². The van der Waals surface area contributed by atoms with Crippen molar-refractivity contribution in [2.24, 2.45) is 0 Å². The van der Waals surface area contributed by atoms with Gasteiger partial charge in [-0.1, -0.05) is 35.3 Å². The Labute approximate surface area is 134 Å². The van der Waals surface area contributed by atoms with Gasteiger partial charge < -0.3 is 10.1 Å². The van der Waals surface area contributed by atoms with Crippen molar-refractivity contribution in [3.63, 3.8) is 0 Å². The maximum Gasteiger partial charge on any atom is 0.331 e. The molecule has 0 radical (unpaired) electrons. The van der Waals surface area contributed by atoms with E-state index >= 15 is 0 Å². The van der Waals surface area contributed by atoms with Crippen LogP contribution in [0.4, 0.5) is 0 Å². The van der Waals surface area contributed by atoms with Gasteiger partial charge in [0.2, 0.25) is 0 Å². The average molecular weight is 330 g/mol. The van der Waals surface area contributed by atoms with E-state index in [4.69, 9.17) is 27.9 Å². The van der Waals surface area contributed by atoms with E-state index in [-0.39, 0.29) is 6.04 Å². The summed E-state index contributed by atoms with van der Waals surface area (Å²) in [7, 11) is 0. The lowest BCUT2D eigenvalue weighted by atomic mass is 10.1. The number of esters is 1. The van der Waals surface area contributed by atoms with Crippen LogP contribution in [0.5, 0.6) is 0 Å². The third-order valence-corrected chi connectivity index (χ3v) is 3.32. The molecule has 0 aromatic heterocycles. The Kier molecular flexibility index (Phi) is 6.72. The van der Waals surface area contributed by atoms with E-state index in [2.05, 4.69) is 5.32 Å². The molecule has 1 aromatic carbocycles. The van der Waals surface area contributed by atoms with Crippen molar-refractivity contribution in [2.75, 3.05) is 0 Å². The summed E-state index contributed by atoms with van der Waals surface area (Å²) < 4.78 is 4.95. The number of carbonyl (C=O) groups is 2. The number of ether oxygens (including phenoxy) is 1. The zero-order chi connectivity index (χ0) is 16.0. The zero-order valence-electron chi connectivity index (χ0n) is 12.0. The molecule has 1 rings (SSSR count). The van der Waals surface area contributed by atoms with E-state index in [9.17, 15) is 9.59 Å². The molecule has 0 aliphatic carbocycles. The van der Waals surface area contributed by atoms with Crippen LogP contribution in [0.1, 0.15) is 32.4 Å². The molecule has 0 spiro atoms. The van der Waals surface area contributed by atoms with E-state index in [1.165, 1.54) is 13.0 Å². The van der Waals surface area contributed by atoms with Crippen LogP contribution in [0.25, 0.3) is 0 Å². The van der Waals surface area contributed by atoms with E-state index in [1.54, 1.807) is 38.1 Å². The van der Waals surface area contributed by atoms with E-state index in [0.717, 1.165) is 5.56 Å². The predicted molar refractivity (Wildman–Crippen MR) is 83.4 cm³/mol. The topological polar surface area (TPSA) is 55.4 Å². The molecule has 1 N–H and O–H groups in total. The first-order valence-corrected chi connectivity index (χ1v) is 7.19. The van der Waals surface area contributed by atoms with Crippen LogP contribution in [0.15, 0.2) is 30.4 Å². The molecule has 0 bridgehead atoms. The SMILES string of the molecule is C/C=C/C(=O)O[C@H](C)C(=O)N[C@H](C)c1ccc(Cl)cc1Cl. The number of hydrogen-bond donors (Lipinski definition) is 1. The highest BCUT2D eigenvalue weighted by molar-refractivity contribution is 6.35. The second kappa shape index (κ2) is 8.05. The number of rotatable bonds is 5. The summed E-state index contributed by atoms with van der Waals surface area (Å²) in [5.74, 6) is -0.955. The number of allylic oxidation sites excluding steroid dienone is 1. The molecular formula is C15H17Cl2NO3. The molecular weight excluding hydrogens is 313 g/mol. The number of benzene rings is 1. The summed E-state index contributed by atoms with van der Waals surface area (Å²) >= 11 is 11.9. The van der Waals surface area contributed by atoms with Crippen LogP contribution in [-0.4, -0.2) is 18.0 Å². The minimum absolute atomic E-state index is 0.329. The molecule has 1 amide bonds. The summed E-state index contributed by atoms with van der Waals surface area (Å²) in [6, 6.07) is 4.72. The highest BCUT2D eigenvalue weighted by atomic mass is 35.5. The Bertz CT molecular complexity index is 558. The molecule has 114 valence electrons. The van der Waals surface area contributed by atoms with Crippen LogP contribution >= 0.6 is 23.2 Å². The van der Waals surface area contributed by atoms with Gasteiger partial charge in [0.05, 0.1) is 6.04 Å². The lowest BCUT2D eigenvalue weighted by molar-refractivity contribution is -0.150. The molecule has 0 aliphatic rings. The number of amides is 1. The summed E-state index contributed by atoms with van der Waals surface area (Å²) in [6.07, 6.45) is 1.91. The molecule has 0 aliphatic heterocycles. The van der Waals surface area contributed by atoms with E-state index in [0.29, 0.717) is 10.0 Å². The smallest absolute Gasteiger partial charge is 0.331 e. The summed E-state index contributed by atoms with van der Waals surface area (Å²) in [6.45, 7) is 4.98. The van der Waals surface area contributed by atoms with Gasteiger partial charge in [-0.2, -0.15) is 0 Å². The molecule has 1 aromatic rings. The minimum atomic E-state index is -0.887. The monoisotopic (exact) mass is 329 g/mol. The second-order valence-corrected chi connectivity index (χ2v) is 5.32. The molecule has 0 saturated heterocycles. The number of halogens is 2. The lowest BCUT2D eigenvalue weighted by Crippen LogP contribution is -2.37. The zero-order valence-corrected chi connectivity index (χ0v) is 13.5. The maximum absolute atomic E-state index is 12.0. The molecule has 0 saturated carbocycles. The van der Waals surface area contributed by atoms with Crippen molar-refractivity contribution in [1.29, 1.82) is 0 Å². The Morgan fingerprint density at radius 1 is 1.29 bits per heavy atom. The van der Waals surface area contributed by atoms with Crippen molar-refractivity contribution in [3.8, 4) is 0 Å². The van der Waals surface area contributed by atoms with Crippen molar-refractivity contribution >= 4 is 35.1 Å². The number of carbonyl (C=O) groups excluding carboxylic acids is 2. The third-order valence-electron chi connectivity index (χ3n) is 2.75. The highest BCUT2D eigenvalue weighted by Gasteiger charge is 2.20. The minimum Gasteiger partial charge on any atom is -0.449 e. The van der Waals surface area contributed by atoms with Crippen molar-refractivity contribution < 1.29 is 14.3 Å². The summed E-state index contributed by atoms with van der Waals surface area (Å²) in [4.78, 5) is 23.2. The highest BCUT2D eigenvalue weighted by Crippen LogP contribution is 2.26. The first kappa shape index (κ1) is 17.5. The molecule has 6 heteroatoms. The Morgan fingerprint density at radius 2 is 1.95 bits per heavy atom. The molecule has 2 atom stereocenters. The Balaban J connectivity index is 2.67. The van der Waals surface area contributed by atoms with Crippen LogP contribution in [0, 0.1) is 0 Å². The molecule has 0 fully saturated rings. The summed E-state index contributed by atoms with van der Waals surface area (Å²) in [5.41, 5.74) is 0.737. The van der Waals surface area contributed by atoms with Gasteiger partial charge in [-0.05, 0) is 38.5 Å². The van der Waals surface area contributed by atoms with Gasteiger partial charge in [0.15, 0.2) is 6.10 Å². The summed E-state index contributed by atoms with van der Waals surface area (Å²) in [5, 5.41) is 3.73. The average Bonchev–Trinajstić information content (AvgIpc) is 2.38. The van der Waals surface area contributed by atoms with Crippen molar-refractivity contribution in [2.45, 2.75) is 32.9 Å². The van der Waals surface area contributed by atoms with Gasteiger partial charge >= 0.3 is 5.97 Å². The van der Waals surface area contributed by atoms with Gasteiger partial charge in [0.1, 0.15) is 0 Å². The lowest BCUT2D eigenvalue weighted by Gasteiger charge is -2.19. The maximum atomic E-state index is 12.0. The fraction of sp³-hybridized carbons (Fsp3) is 0.333. The van der Waals surface area contributed by atoms with Crippen LogP contribution in [-0.2, 0) is 14.3 Å². The number of nitrogens with one attached hydrogen (secondary N) is 1. The van der Waals surface area contributed by atoms with Gasteiger partial charge in [0.25, 0.3) is 5.91 Å². The first-order valence-electron chi connectivity index (χ1n) is 6.43. The van der Waals surface area contributed by atoms with Gasteiger partial charge in [-0.3, -0.25) is 4.79 Å². The molecule has 0 unspecified atom stereocenters. The predicted octanol–water partition coefficient (Wildman–Crippen LogP) is 3.68. The second-order valence-electron chi connectivity index (χ2n) is 4.48. The van der Waals surface area contributed by atoms with Crippen LogP contribution in [0.3, 0.4) is 0 Å². The Hall–Kier alpha value is -1.52. The van der Waals surface area contributed by atoms with Gasteiger partial charge in [0, 0.05) is 16.1 Å². The van der Waals surface area contributed by atoms with Gasteiger partial charge in [-0.25, -0.2) is 4.79 Å². The molecule has 21 heavy (non-hydrogen) atoms. The third kappa shape index (κ3) is 5.40. The first-order chi connectivity index (χ1) is 9.85. The van der Waals surface area contributed by atoms with Crippen molar-refractivity contribution in [1.82, 2.24) is 5.32 Å². The normalized spacial score (nSPS) is 13.8. The Morgan fingerprint density at radius 3 is 2.52 bits per heavy atom. The van der Waals surface area contributed by atoms with Crippen LogP contribution < -0.4 is 5.32 Å².